The van der Waals surface area contributed by atoms with Crippen molar-refractivity contribution in [1.82, 2.24) is 25.7 Å². The summed E-state index contributed by atoms with van der Waals surface area (Å²) < 4.78 is 5.31. The van der Waals surface area contributed by atoms with Gasteiger partial charge in [-0.1, -0.05) is 42.8 Å². The highest BCUT2D eigenvalue weighted by molar-refractivity contribution is 5.92. The van der Waals surface area contributed by atoms with Gasteiger partial charge in [0.15, 0.2) is 0 Å². The number of rotatable bonds is 6. The van der Waals surface area contributed by atoms with E-state index in [-0.39, 0.29) is 5.91 Å². The number of aromatic nitrogens is 4. The molecule has 2 N–H and O–H groups in total. The quantitative estimate of drug-likeness (QED) is 0.719. The van der Waals surface area contributed by atoms with Crippen LogP contribution >= 0.6 is 0 Å². The maximum atomic E-state index is 12.3. The molecule has 0 saturated heterocycles. The molecule has 0 fully saturated rings. The number of aryl methyl sites for hydroxylation is 2. The number of carbonyl (C=O) groups excluding carboxylic acids is 1. The molecule has 130 valence electrons. The Morgan fingerprint density at radius 3 is 2.92 bits per heavy atom. The molecule has 7 nitrogen and oxygen atoms in total. The molecule has 0 aliphatic heterocycles. The summed E-state index contributed by atoms with van der Waals surface area (Å²) in [7, 11) is 0. The minimum absolute atomic E-state index is 0.276. The van der Waals surface area contributed by atoms with E-state index in [0.29, 0.717) is 17.4 Å². The van der Waals surface area contributed by atoms with Crippen molar-refractivity contribution < 1.29 is 9.32 Å². The maximum Gasteiger partial charge on any atom is 0.272 e. The summed E-state index contributed by atoms with van der Waals surface area (Å²) in [6.07, 6.45) is 1.85. The molecule has 1 unspecified atom stereocenters. The van der Waals surface area contributed by atoms with E-state index in [2.05, 4.69) is 32.6 Å². The van der Waals surface area contributed by atoms with E-state index < -0.39 is 6.04 Å². The van der Waals surface area contributed by atoms with Gasteiger partial charge in [-0.05, 0) is 31.9 Å². The van der Waals surface area contributed by atoms with Gasteiger partial charge in [-0.3, -0.25) is 9.89 Å². The van der Waals surface area contributed by atoms with Crippen LogP contribution in [0.5, 0.6) is 0 Å². The first-order valence-corrected chi connectivity index (χ1v) is 8.33. The number of hydrogen-bond donors (Lipinski definition) is 2. The van der Waals surface area contributed by atoms with E-state index in [1.165, 1.54) is 0 Å². The minimum atomic E-state index is -0.413. The topological polar surface area (TPSA) is 96.7 Å². The van der Waals surface area contributed by atoms with E-state index in [9.17, 15) is 4.79 Å². The average Bonchev–Trinajstić information content (AvgIpc) is 3.25. The van der Waals surface area contributed by atoms with Crippen LogP contribution in [0, 0.1) is 6.92 Å². The van der Waals surface area contributed by atoms with Crippen LogP contribution < -0.4 is 5.32 Å². The van der Waals surface area contributed by atoms with Crippen LogP contribution in [0.3, 0.4) is 0 Å². The van der Waals surface area contributed by atoms with Crippen LogP contribution in [0.1, 0.15) is 53.9 Å². The number of nitrogens with zero attached hydrogens (tertiary/aromatic N) is 3. The van der Waals surface area contributed by atoms with Crippen molar-refractivity contribution in [3.05, 3.63) is 53.2 Å². The van der Waals surface area contributed by atoms with Crippen molar-refractivity contribution in [3.63, 3.8) is 0 Å². The third-order valence-corrected chi connectivity index (χ3v) is 3.93. The molecule has 0 aliphatic rings. The summed E-state index contributed by atoms with van der Waals surface area (Å²) in [5.74, 6) is 0.594. The fraction of sp³-hybridized carbons (Fsp3) is 0.333. The minimum Gasteiger partial charge on any atom is -0.339 e. The lowest BCUT2D eigenvalue weighted by atomic mass is 10.1. The lowest BCUT2D eigenvalue weighted by Gasteiger charge is -2.07. The van der Waals surface area contributed by atoms with Gasteiger partial charge in [0.1, 0.15) is 11.7 Å². The summed E-state index contributed by atoms with van der Waals surface area (Å²) >= 11 is 0. The molecule has 7 heteroatoms. The fourth-order valence-electron chi connectivity index (χ4n) is 2.55. The van der Waals surface area contributed by atoms with Crippen molar-refractivity contribution in [2.75, 3.05) is 0 Å². The first-order chi connectivity index (χ1) is 12.1. The van der Waals surface area contributed by atoms with Gasteiger partial charge in [0, 0.05) is 11.3 Å². The van der Waals surface area contributed by atoms with Crippen LogP contribution in [0.4, 0.5) is 0 Å². The predicted octanol–water partition coefficient (Wildman–Crippen LogP) is 3.21. The molecule has 3 rings (SSSR count). The highest BCUT2D eigenvalue weighted by Crippen LogP contribution is 2.21. The number of amides is 1. The highest BCUT2D eigenvalue weighted by atomic mass is 16.5. The SMILES string of the molecule is CCCc1cc(C(=O)NC(C)c2nc(-c3ccccc3C)no2)n[nH]1. The fourth-order valence-corrected chi connectivity index (χ4v) is 2.55. The summed E-state index contributed by atoms with van der Waals surface area (Å²) in [6, 6.07) is 9.16. The monoisotopic (exact) mass is 339 g/mol. The number of carbonyl (C=O) groups is 1. The molecule has 0 bridgehead atoms. The lowest BCUT2D eigenvalue weighted by molar-refractivity contribution is 0.0927. The molecular formula is C18H21N5O2. The number of aromatic amines is 1. The third kappa shape index (κ3) is 3.76. The second-order valence-electron chi connectivity index (χ2n) is 5.99. The zero-order valence-electron chi connectivity index (χ0n) is 14.5. The zero-order chi connectivity index (χ0) is 17.8. The maximum absolute atomic E-state index is 12.3. The molecule has 0 aliphatic carbocycles. The Morgan fingerprint density at radius 1 is 1.36 bits per heavy atom. The van der Waals surface area contributed by atoms with E-state index >= 15 is 0 Å². The Labute approximate surface area is 145 Å². The Kier molecular flexibility index (Phi) is 4.92. The largest absolute Gasteiger partial charge is 0.339 e. The van der Waals surface area contributed by atoms with Crippen LogP contribution in [0.15, 0.2) is 34.9 Å². The van der Waals surface area contributed by atoms with Crippen LogP contribution in [0.2, 0.25) is 0 Å². The van der Waals surface area contributed by atoms with Gasteiger partial charge in [-0.2, -0.15) is 10.1 Å². The molecule has 0 radical (unpaired) electrons. The van der Waals surface area contributed by atoms with Crippen LogP contribution in [0.25, 0.3) is 11.4 Å². The molecular weight excluding hydrogens is 318 g/mol. The Bertz CT molecular complexity index is 868. The molecule has 1 aromatic carbocycles. The molecule has 0 spiro atoms. The summed E-state index contributed by atoms with van der Waals surface area (Å²) in [5.41, 5.74) is 3.27. The van der Waals surface area contributed by atoms with Crippen molar-refractivity contribution in [2.24, 2.45) is 0 Å². The molecule has 0 saturated carbocycles. The molecule has 1 atom stereocenters. The Balaban J connectivity index is 1.70. The van der Waals surface area contributed by atoms with Crippen molar-refractivity contribution in [3.8, 4) is 11.4 Å². The van der Waals surface area contributed by atoms with Gasteiger partial charge >= 0.3 is 0 Å². The first kappa shape index (κ1) is 16.9. The van der Waals surface area contributed by atoms with Crippen LogP contribution in [-0.2, 0) is 6.42 Å². The zero-order valence-corrected chi connectivity index (χ0v) is 14.5. The van der Waals surface area contributed by atoms with E-state index in [1.54, 1.807) is 13.0 Å². The van der Waals surface area contributed by atoms with Gasteiger partial charge in [0.05, 0.1) is 0 Å². The summed E-state index contributed by atoms with van der Waals surface area (Å²) in [6.45, 7) is 5.86. The van der Waals surface area contributed by atoms with Crippen molar-refractivity contribution in [2.45, 2.75) is 39.7 Å². The molecule has 2 heterocycles. The normalized spacial score (nSPS) is 12.1. The molecule has 3 aromatic rings. The standard InChI is InChI=1S/C18H21N5O2/c1-4-7-13-10-15(22-21-13)17(24)19-12(3)18-20-16(23-25-18)14-9-6-5-8-11(14)2/h5-6,8-10,12H,4,7H2,1-3H3,(H,19,24)(H,21,22). The highest BCUT2D eigenvalue weighted by Gasteiger charge is 2.20. The lowest BCUT2D eigenvalue weighted by Crippen LogP contribution is -2.27. The molecule has 25 heavy (non-hydrogen) atoms. The van der Waals surface area contributed by atoms with Crippen LogP contribution in [-0.4, -0.2) is 26.2 Å². The second kappa shape index (κ2) is 7.29. The van der Waals surface area contributed by atoms with Gasteiger partial charge in [-0.25, -0.2) is 0 Å². The van der Waals surface area contributed by atoms with Crippen molar-refractivity contribution >= 4 is 5.91 Å². The second-order valence-corrected chi connectivity index (χ2v) is 5.99. The summed E-state index contributed by atoms with van der Waals surface area (Å²) in [5, 5.41) is 13.8. The number of hydrogen-bond acceptors (Lipinski definition) is 5. The summed E-state index contributed by atoms with van der Waals surface area (Å²) in [4.78, 5) is 16.7. The first-order valence-electron chi connectivity index (χ1n) is 8.33. The Hall–Kier alpha value is -2.96. The van der Waals surface area contributed by atoms with Gasteiger partial charge in [-0.15, -0.1) is 0 Å². The van der Waals surface area contributed by atoms with E-state index in [1.807, 2.05) is 31.2 Å². The van der Waals surface area contributed by atoms with Gasteiger partial charge in [0.25, 0.3) is 5.91 Å². The third-order valence-electron chi connectivity index (χ3n) is 3.93. The van der Waals surface area contributed by atoms with Gasteiger partial charge in [0.2, 0.25) is 11.7 Å². The smallest absolute Gasteiger partial charge is 0.272 e. The van der Waals surface area contributed by atoms with Crippen molar-refractivity contribution in [1.29, 1.82) is 0 Å². The number of benzene rings is 1. The van der Waals surface area contributed by atoms with E-state index in [4.69, 9.17) is 4.52 Å². The average molecular weight is 339 g/mol. The Morgan fingerprint density at radius 2 is 2.16 bits per heavy atom. The predicted molar refractivity (Wildman–Crippen MR) is 92.9 cm³/mol. The van der Waals surface area contributed by atoms with E-state index in [0.717, 1.165) is 29.7 Å². The number of H-pyrrole nitrogens is 1. The number of nitrogens with one attached hydrogen (secondary N) is 2. The molecule has 2 aromatic heterocycles. The van der Waals surface area contributed by atoms with Gasteiger partial charge < -0.3 is 9.84 Å². The molecule has 1 amide bonds.